The molecule has 179 valence electrons. The molecule has 0 N–H and O–H groups in total. The molecule has 1 radical (unpaired) electrons. The topological polar surface area (TPSA) is 31.0 Å². The Labute approximate surface area is 228 Å². The van der Waals surface area contributed by atoms with E-state index in [1.165, 1.54) is 0 Å². The van der Waals surface area contributed by atoms with Crippen molar-refractivity contribution in [3.8, 4) is 39.3 Å². The Kier molecular flexibility index (Phi) is 6.05. The molecule has 0 fully saturated rings. The Hall–Kier alpha value is -4.24. The first kappa shape index (κ1) is 23.2. The SMILES string of the molecule is [Ir].[c-]1cc2oc3ccccc3c2cc1-c1nccn1-c1c(-c2ccccc2)cccc1-c1ccccc1. The van der Waals surface area contributed by atoms with Gasteiger partial charge in [-0.2, -0.15) is 0 Å². The van der Waals surface area contributed by atoms with Crippen molar-refractivity contribution in [2.45, 2.75) is 0 Å². The van der Waals surface area contributed by atoms with Gasteiger partial charge in [0.1, 0.15) is 5.58 Å². The fraction of sp³-hybridized carbons (Fsp3) is 0. The van der Waals surface area contributed by atoms with Crippen LogP contribution in [0.2, 0.25) is 0 Å². The van der Waals surface area contributed by atoms with Crippen LogP contribution in [-0.4, -0.2) is 9.55 Å². The summed E-state index contributed by atoms with van der Waals surface area (Å²) in [4.78, 5) is 4.80. The van der Waals surface area contributed by atoms with E-state index >= 15 is 0 Å². The number of furan rings is 1. The van der Waals surface area contributed by atoms with E-state index in [1.807, 2.05) is 48.8 Å². The number of rotatable bonds is 4. The third kappa shape index (κ3) is 4.01. The molecule has 37 heavy (non-hydrogen) atoms. The van der Waals surface area contributed by atoms with Crippen molar-refractivity contribution >= 4 is 21.9 Å². The van der Waals surface area contributed by atoms with Crippen LogP contribution >= 0.6 is 0 Å². The average Bonchev–Trinajstić information content (AvgIpc) is 3.58. The van der Waals surface area contributed by atoms with Gasteiger partial charge in [0.05, 0.1) is 17.1 Å². The van der Waals surface area contributed by atoms with Gasteiger partial charge < -0.3 is 8.98 Å². The molecule has 0 bridgehead atoms. The van der Waals surface area contributed by atoms with E-state index in [4.69, 9.17) is 9.40 Å². The van der Waals surface area contributed by atoms with Gasteiger partial charge in [-0.1, -0.05) is 102 Å². The first-order chi connectivity index (χ1) is 17.9. The van der Waals surface area contributed by atoms with Crippen molar-refractivity contribution in [3.05, 3.63) is 134 Å². The Morgan fingerprint density at radius 1 is 0.649 bits per heavy atom. The van der Waals surface area contributed by atoms with Crippen molar-refractivity contribution in [3.63, 3.8) is 0 Å². The zero-order chi connectivity index (χ0) is 23.9. The summed E-state index contributed by atoms with van der Waals surface area (Å²) in [6, 6.07) is 43.1. The molecule has 2 heterocycles. The minimum atomic E-state index is 0. The van der Waals surface area contributed by atoms with E-state index in [9.17, 15) is 0 Å². The molecular weight excluding hydrogens is 633 g/mol. The van der Waals surface area contributed by atoms with Gasteiger partial charge in [0.15, 0.2) is 0 Å². The zero-order valence-corrected chi connectivity index (χ0v) is 22.2. The Balaban J connectivity index is 0.00000252. The second-order valence-electron chi connectivity index (χ2n) is 8.78. The first-order valence-electron chi connectivity index (χ1n) is 12.0. The van der Waals surface area contributed by atoms with Crippen LogP contribution in [0.1, 0.15) is 0 Å². The van der Waals surface area contributed by atoms with Gasteiger partial charge in [0.2, 0.25) is 0 Å². The predicted molar refractivity (Wildman–Crippen MR) is 146 cm³/mol. The Morgan fingerprint density at radius 3 is 2.00 bits per heavy atom. The number of para-hydroxylation sites is 2. The van der Waals surface area contributed by atoms with Crippen molar-refractivity contribution in [2.24, 2.45) is 0 Å². The molecule has 4 heteroatoms. The van der Waals surface area contributed by atoms with Crippen LogP contribution in [0.15, 0.2) is 132 Å². The second kappa shape index (κ2) is 9.66. The molecule has 0 aliphatic carbocycles. The van der Waals surface area contributed by atoms with Crippen LogP contribution in [0.4, 0.5) is 0 Å². The van der Waals surface area contributed by atoms with Crippen LogP contribution in [0, 0.1) is 6.07 Å². The van der Waals surface area contributed by atoms with Gasteiger partial charge in [-0.05, 0) is 17.2 Å². The number of aromatic nitrogens is 2. The fourth-order valence-electron chi connectivity index (χ4n) is 4.99. The summed E-state index contributed by atoms with van der Waals surface area (Å²) >= 11 is 0. The number of hydrogen-bond donors (Lipinski definition) is 0. The number of hydrogen-bond acceptors (Lipinski definition) is 2. The van der Waals surface area contributed by atoms with Crippen molar-refractivity contribution in [1.29, 1.82) is 0 Å². The summed E-state index contributed by atoms with van der Waals surface area (Å²) < 4.78 is 8.22. The summed E-state index contributed by atoms with van der Waals surface area (Å²) in [6.07, 6.45) is 3.90. The van der Waals surface area contributed by atoms with Gasteiger partial charge in [-0.3, -0.25) is 4.98 Å². The van der Waals surface area contributed by atoms with E-state index in [0.29, 0.717) is 0 Å². The van der Waals surface area contributed by atoms with Crippen LogP contribution in [0.25, 0.3) is 61.3 Å². The molecule has 5 aromatic carbocycles. The maximum Gasteiger partial charge on any atom is 0.120 e. The quantitative estimate of drug-likeness (QED) is 0.178. The van der Waals surface area contributed by atoms with Crippen LogP contribution < -0.4 is 0 Å². The monoisotopic (exact) mass is 654 g/mol. The minimum Gasteiger partial charge on any atom is -0.500 e. The standard InChI is InChI=1S/C33H21N2O.Ir/c1-3-10-23(11-4-1)26-15-9-16-27(24-12-5-2-6-13-24)32(26)35-21-20-34-33(35)25-18-19-31-29(22-25)28-14-7-8-17-30(28)36-31;/h1-17,19-22H;/q-1;. The number of imidazole rings is 1. The molecule has 2 aromatic heterocycles. The van der Waals surface area contributed by atoms with E-state index in [2.05, 4.69) is 89.5 Å². The van der Waals surface area contributed by atoms with Crippen LogP contribution in [0.3, 0.4) is 0 Å². The molecular formula is C33H21IrN2O-. The molecule has 0 aliphatic rings. The van der Waals surface area contributed by atoms with Gasteiger partial charge in [-0.25, -0.2) is 0 Å². The summed E-state index contributed by atoms with van der Waals surface area (Å²) in [5, 5.41) is 2.16. The molecule has 7 rings (SSSR count). The molecule has 0 spiro atoms. The molecule has 0 unspecified atom stereocenters. The summed E-state index contributed by atoms with van der Waals surface area (Å²) in [5.41, 5.74) is 8.32. The Bertz CT molecular complexity index is 1780. The number of benzene rings is 5. The molecule has 3 nitrogen and oxygen atoms in total. The molecule has 0 aliphatic heterocycles. The number of fused-ring (bicyclic) bond motifs is 3. The second-order valence-corrected chi connectivity index (χ2v) is 8.78. The third-order valence-corrected chi connectivity index (χ3v) is 6.64. The predicted octanol–water partition coefficient (Wildman–Crippen LogP) is 8.57. The zero-order valence-electron chi connectivity index (χ0n) is 19.8. The molecule has 0 atom stereocenters. The van der Waals surface area contributed by atoms with Gasteiger partial charge in [-0.15, -0.1) is 23.8 Å². The van der Waals surface area contributed by atoms with Crippen molar-refractivity contribution in [1.82, 2.24) is 9.55 Å². The van der Waals surface area contributed by atoms with Gasteiger partial charge in [0, 0.05) is 49.0 Å². The summed E-state index contributed by atoms with van der Waals surface area (Å²) in [7, 11) is 0. The van der Waals surface area contributed by atoms with Crippen LogP contribution in [0.5, 0.6) is 0 Å². The summed E-state index contributed by atoms with van der Waals surface area (Å²) in [6.45, 7) is 0. The molecule has 0 saturated carbocycles. The maximum absolute atomic E-state index is 6.04. The average molecular weight is 654 g/mol. The van der Waals surface area contributed by atoms with Crippen molar-refractivity contribution < 1.29 is 24.5 Å². The third-order valence-electron chi connectivity index (χ3n) is 6.64. The molecule has 0 saturated heterocycles. The van der Waals surface area contributed by atoms with E-state index in [-0.39, 0.29) is 20.1 Å². The minimum absolute atomic E-state index is 0. The van der Waals surface area contributed by atoms with E-state index in [0.717, 1.165) is 61.3 Å². The van der Waals surface area contributed by atoms with Gasteiger partial charge in [0.25, 0.3) is 0 Å². The van der Waals surface area contributed by atoms with Gasteiger partial charge >= 0.3 is 0 Å². The summed E-state index contributed by atoms with van der Waals surface area (Å²) in [5.74, 6) is 0.836. The first-order valence-corrected chi connectivity index (χ1v) is 12.0. The smallest absolute Gasteiger partial charge is 0.120 e. The fourth-order valence-corrected chi connectivity index (χ4v) is 4.99. The normalized spacial score (nSPS) is 11.0. The molecule has 7 aromatic rings. The number of nitrogens with zero attached hydrogens (tertiary/aromatic N) is 2. The molecule has 0 amide bonds. The van der Waals surface area contributed by atoms with E-state index in [1.54, 1.807) is 0 Å². The maximum atomic E-state index is 6.04. The van der Waals surface area contributed by atoms with Crippen LogP contribution in [-0.2, 0) is 20.1 Å². The Morgan fingerprint density at radius 2 is 1.30 bits per heavy atom. The van der Waals surface area contributed by atoms with E-state index < -0.39 is 0 Å². The largest absolute Gasteiger partial charge is 0.500 e. The van der Waals surface area contributed by atoms with Crippen molar-refractivity contribution in [2.75, 3.05) is 0 Å².